The average Bonchev–Trinajstić information content (AvgIpc) is 2.40. The van der Waals surface area contributed by atoms with E-state index in [2.05, 4.69) is 9.97 Å². The van der Waals surface area contributed by atoms with Crippen molar-refractivity contribution in [3.8, 4) is 11.3 Å². The number of carbonyl (C=O) groups excluding carboxylic acids is 1. The molecular weight excluding hydrogens is 235 g/mol. The highest BCUT2D eigenvalue weighted by molar-refractivity contribution is 5.85. The monoisotopic (exact) mass is 246 g/mol. The van der Waals surface area contributed by atoms with Gasteiger partial charge >= 0.3 is 5.97 Å². The third-order valence-electron chi connectivity index (χ3n) is 2.25. The van der Waals surface area contributed by atoms with Gasteiger partial charge < -0.3 is 4.74 Å². The molecule has 2 rings (SSSR count). The summed E-state index contributed by atoms with van der Waals surface area (Å²) in [6, 6.07) is 7.50. The Balaban J connectivity index is 2.32. The van der Waals surface area contributed by atoms with E-state index in [0.29, 0.717) is 11.3 Å². The summed E-state index contributed by atoms with van der Waals surface area (Å²) in [5, 5.41) is 0. The molecule has 0 unspecified atom stereocenters. The minimum Gasteiger partial charge on any atom is -0.460 e. The number of benzene rings is 1. The second-order valence-electron chi connectivity index (χ2n) is 3.49. The minimum atomic E-state index is -0.568. The summed E-state index contributed by atoms with van der Waals surface area (Å²) in [7, 11) is 0. The molecule has 18 heavy (non-hydrogen) atoms. The first-order chi connectivity index (χ1) is 8.70. The second kappa shape index (κ2) is 5.35. The highest BCUT2D eigenvalue weighted by atomic mass is 19.1. The van der Waals surface area contributed by atoms with Crippen LogP contribution in [0.15, 0.2) is 36.5 Å². The molecule has 4 nitrogen and oxygen atoms in total. The van der Waals surface area contributed by atoms with Crippen LogP contribution in [0.5, 0.6) is 0 Å². The van der Waals surface area contributed by atoms with Crippen LogP contribution in [0.2, 0.25) is 0 Å². The number of hydrogen-bond donors (Lipinski definition) is 0. The van der Waals surface area contributed by atoms with Gasteiger partial charge in [0.25, 0.3) is 0 Å². The zero-order valence-electron chi connectivity index (χ0n) is 9.76. The van der Waals surface area contributed by atoms with Crippen molar-refractivity contribution in [3.05, 3.63) is 48.2 Å². The topological polar surface area (TPSA) is 52.1 Å². The van der Waals surface area contributed by atoms with Gasteiger partial charge in [0.2, 0.25) is 5.82 Å². The van der Waals surface area contributed by atoms with Gasteiger partial charge in [-0.1, -0.05) is 0 Å². The van der Waals surface area contributed by atoms with E-state index in [-0.39, 0.29) is 18.2 Å². The van der Waals surface area contributed by atoms with Crippen LogP contribution >= 0.6 is 0 Å². The quantitative estimate of drug-likeness (QED) is 0.780. The van der Waals surface area contributed by atoms with Gasteiger partial charge in [0.1, 0.15) is 5.82 Å². The molecule has 92 valence electrons. The van der Waals surface area contributed by atoms with Crippen molar-refractivity contribution in [3.63, 3.8) is 0 Å². The summed E-state index contributed by atoms with van der Waals surface area (Å²) >= 11 is 0. The van der Waals surface area contributed by atoms with Crippen molar-refractivity contribution < 1.29 is 13.9 Å². The Morgan fingerprint density at radius 2 is 2.00 bits per heavy atom. The van der Waals surface area contributed by atoms with Gasteiger partial charge in [-0.05, 0) is 37.3 Å². The molecule has 0 atom stereocenters. The fourth-order valence-electron chi connectivity index (χ4n) is 1.43. The van der Waals surface area contributed by atoms with Gasteiger partial charge in [0.05, 0.1) is 12.3 Å². The maximum absolute atomic E-state index is 12.8. The van der Waals surface area contributed by atoms with Crippen molar-refractivity contribution >= 4 is 5.97 Å². The predicted octanol–water partition coefficient (Wildman–Crippen LogP) is 2.46. The number of nitrogens with zero attached hydrogens (tertiary/aromatic N) is 2. The Kier molecular flexibility index (Phi) is 3.62. The maximum Gasteiger partial charge on any atom is 0.376 e. The summed E-state index contributed by atoms with van der Waals surface area (Å²) in [6.07, 6.45) is 1.47. The predicted molar refractivity (Wildman–Crippen MR) is 63.4 cm³/mol. The molecule has 1 aromatic heterocycles. The molecule has 5 heteroatoms. The van der Waals surface area contributed by atoms with Gasteiger partial charge in [-0.3, -0.25) is 0 Å². The lowest BCUT2D eigenvalue weighted by atomic mass is 10.1. The van der Waals surface area contributed by atoms with Crippen molar-refractivity contribution in [2.45, 2.75) is 6.92 Å². The van der Waals surface area contributed by atoms with Gasteiger partial charge in [-0.2, -0.15) is 0 Å². The van der Waals surface area contributed by atoms with Gasteiger partial charge in [-0.15, -0.1) is 0 Å². The molecule has 0 saturated carbocycles. The molecular formula is C13H11FN2O2. The van der Waals surface area contributed by atoms with Crippen molar-refractivity contribution in [2.24, 2.45) is 0 Å². The van der Waals surface area contributed by atoms with Crippen LogP contribution in [-0.2, 0) is 4.74 Å². The highest BCUT2D eigenvalue weighted by Crippen LogP contribution is 2.16. The molecule has 0 N–H and O–H groups in total. The molecule has 0 aliphatic rings. The van der Waals surface area contributed by atoms with Gasteiger partial charge in [0.15, 0.2) is 0 Å². The van der Waals surface area contributed by atoms with E-state index in [1.807, 2.05) is 0 Å². The summed E-state index contributed by atoms with van der Waals surface area (Å²) in [5.74, 6) is -0.890. The van der Waals surface area contributed by atoms with E-state index < -0.39 is 5.97 Å². The molecule has 2 aromatic rings. The van der Waals surface area contributed by atoms with Crippen LogP contribution in [0.25, 0.3) is 11.3 Å². The Bertz CT molecular complexity index is 555. The molecule has 0 bridgehead atoms. The highest BCUT2D eigenvalue weighted by Gasteiger charge is 2.11. The second-order valence-corrected chi connectivity index (χ2v) is 3.49. The van der Waals surface area contributed by atoms with Crippen LogP contribution in [0.4, 0.5) is 4.39 Å². The minimum absolute atomic E-state index is 0.00123. The third-order valence-corrected chi connectivity index (χ3v) is 2.25. The molecule has 1 heterocycles. The van der Waals surface area contributed by atoms with Crippen molar-refractivity contribution in [1.29, 1.82) is 0 Å². The lowest BCUT2D eigenvalue weighted by molar-refractivity contribution is 0.0512. The van der Waals surface area contributed by atoms with Crippen LogP contribution in [0.3, 0.4) is 0 Å². The van der Waals surface area contributed by atoms with E-state index in [9.17, 15) is 9.18 Å². The van der Waals surface area contributed by atoms with Crippen LogP contribution in [-0.4, -0.2) is 22.5 Å². The number of aromatic nitrogens is 2. The van der Waals surface area contributed by atoms with E-state index in [4.69, 9.17) is 4.74 Å². The van der Waals surface area contributed by atoms with Crippen LogP contribution in [0.1, 0.15) is 17.5 Å². The number of halogens is 1. The first-order valence-corrected chi connectivity index (χ1v) is 5.47. The molecule has 0 aliphatic heterocycles. The van der Waals surface area contributed by atoms with E-state index in [1.54, 1.807) is 25.1 Å². The Labute approximate surface area is 103 Å². The van der Waals surface area contributed by atoms with Crippen LogP contribution in [0, 0.1) is 5.82 Å². The zero-order valence-corrected chi connectivity index (χ0v) is 9.76. The smallest absolute Gasteiger partial charge is 0.376 e. The molecule has 0 amide bonds. The Morgan fingerprint density at radius 3 is 2.67 bits per heavy atom. The third kappa shape index (κ3) is 2.68. The lowest BCUT2D eigenvalue weighted by Gasteiger charge is -2.03. The number of carbonyl (C=O) groups is 1. The summed E-state index contributed by atoms with van der Waals surface area (Å²) in [6.45, 7) is 1.98. The number of rotatable bonds is 3. The Hall–Kier alpha value is -2.30. The summed E-state index contributed by atoms with van der Waals surface area (Å²) in [4.78, 5) is 19.4. The summed E-state index contributed by atoms with van der Waals surface area (Å²) in [5.41, 5.74) is 1.26. The fourth-order valence-corrected chi connectivity index (χ4v) is 1.43. The molecule has 0 fully saturated rings. The average molecular weight is 246 g/mol. The van der Waals surface area contributed by atoms with E-state index in [1.165, 1.54) is 18.3 Å². The summed E-state index contributed by atoms with van der Waals surface area (Å²) < 4.78 is 17.6. The van der Waals surface area contributed by atoms with Crippen molar-refractivity contribution in [2.75, 3.05) is 6.61 Å². The fraction of sp³-hybridized carbons (Fsp3) is 0.154. The first-order valence-electron chi connectivity index (χ1n) is 5.47. The first kappa shape index (κ1) is 12.2. The normalized spacial score (nSPS) is 10.1. The largest absolute Gasteiger partial charge is 0.460 e. The number of ether oxygens (including phenoxy) is 1. The molecule has 0 radical (unpaired) electrons. The van der Waals surface area contributed by atoms with Crippen molar-refractivity contribution in [1.82, 2.24) is 9.97 Å². The molecule has 0 aliphatic carbocycles. The number of esters is 1. The molecule has 0 spiro atoms. The van der Waals surface area contributed by atoms with E-state index in [0.717, 1.165) is 0 Å². The standard InChI is InChI=1S/C13H11FN2O2/c1-2-18-13(17)12-15-8-7-11(16-12)9-3-5-10(14)6-4-9/h3-8H,2H2,1H3. The Morgan fingerprint density at radius 1 is 1.28 bits per heavy atom. The van der Waals surface area contributed by atoms with Gasteiger partial charge in [-0.25, -0.2) is 19.2 Å². The van der Waals surface area contributed by atoms with Crippen LogP contribution < -0.4 is 0 Å². The zero-order chi connectivity index (χ0) is 13.0. The number of hydrogen-bond acceptors (Lipinski definition) is 4. The molecule has 1 aromatic carbocycles. The maximum atomic E-state index is 12.8. The van der Waals surface area contributed by atoms with E-state index >= 15 is 0 Å². The SMILES string of the molecule is CCOC(=O)c1nccc(-c2ccc(F)cc2)n1. The van der Waals surface area contributed by atoms with Gasteiger partial charge in [0, 0.05) is 11.8 Å². The lowest BCUT2D eigenvalue weighted by Crippen LogP contribution is -2.09. The molecule has 0 saturated heterocycles.